The van der Waals surface area contributed by atoms with Crippen molar-refractivity contribution >= 4 is 21.5 Å². The number of hydrogen-bond donors (Lipinski definition) is 2. The summed E-state index contributed by atoms with van der Waals surface area (Å²) in [6.07, 6.45) is -3.26. The van der Waals surface area contributed by atoms with E-state index in [1.54, 1.807) is 4.90 Å². The Hall–Kier alpha value is -2.51. The van der Waals surface area contributed by atoms with Crippen molar-refractivity contribution in [2.45, 2.75) is 30.7 Å². The van der Waals surface area contributed by atoms with Gasteiger partial charge >= 0.3 is 6.18 Å². The number of nitrogens with zero attached hydrogens (tertiary/aromatic N) is 3. The molecule has 0 bridgehead atoms. The summed E-state index contributed by atoms with van der Waals surface area (Å²) >= 11 is 0. The third-order valence-corrected chi connectivity index (χ3v) is 7.79. The molecule has 1 aromatic carbocycles. The van der Waals surface area contributed by atoms with Crippen molar-refractivity contribution in [1.82, 2.24) is 9.97 Å². The van der Waals surface area contributed by atoms with Gasteiger partial charge in [-0.1, -0.05) is 12.1 Å². The lowest BCUT2D eigenvalue weighted by atomic mass is 9.97. The summed E-state index contributed by atoms with van der Waals surface area (Å²) in [5.74, 6) is -1.29. The zero-order valence-electron chi connectivity index (χ0n) is 18.1. The van der Waals surface area contributed by atoms with E-state index in [9.17, 15) is 26.7 Å². The number of aromatic nitrogens is 2. The molecule has 2 N–H and O–H groups in total. The Balaban J connectivity index is 1.53. The van der Waals surface area contributed by atoms with Crippen LogP contribution in [0, 0.1) is 5.82 Å². The molecule has 4 rings (SSSR count). The van der Waals surface area contributed by atoms with E-state index in [1.807, 2.05) is 0 Å². The van der Waals surface area contributed by atoms with Gasteiger partial charge in [-0.3, -0.25) is 0 Å². The highest BCUT2D eigenvalue weighted by Gasteiger charge is 2.36. The molecule has 0 amide bonds. The molecule has 34 heavy (non-hydrogen) atoms. The Bertz CT molecular complexity index is 1110. The molecular formula is C21H24F4N4O4S. The average Bonchev–Trinajstić information content (AvgIpc) is 2.80. The number of aliphatic hydroxyl groups is 1. The lowest BCUT2D eigenvalue weighted by Crippen LogP contribution is -2.44. The maximum atomic E-state index is 15.4. The molecule has 2 fully saturated rings. The van der Waals surface area contributed by atoms with Crippen molar-refractivity contribution in [3.63, 3.8) is 0 Å². The van der Waals surface area contributed by atoms with Crippen LogP contribution >= 0.6 is 0 Å². The molecule has 0 saturated carbocycles. The van der Waals surface area contributed by atoms with Crippen molar-refractivity contribution in [1.29, 1.82) is 0 Å². The van der Waals surface area contributed by atoms with E-state index < -0.39 is 39.0 Å². The molecule has 0 unspecified atom stereocenters. The standard InChI is InChI=1S/C21H24F4N4O4S/c22-17-18(26-12-20(30)5-9-34(31,32)10-6-20)27-13-28-19(17)29-7-8-33-11-16(29)14-1-3-15(4-2-14)21(23,24)25/h1-4,13,16,30H,5-12H2,(H,26,27,28)/t16-/m1/s1. The Morgan fingerprint density at radius 3 is 2.50 bits per heavy atom. The highest BCUT2D eigenvalue weighted by molar-refractivity contribution is 7.91. The molecule has 1 atom stereocenters. The van der Waals surface area contributed by atoms with Gasteiger partial charge in [0.25, 0.3) is 0 Å². The largest absolute Gasteiger partial charge is 0.416 e. The second-order valence-corrected chi connectivity index (χ2v) is 10.8. The number of benzene rings is 1. The summed E-state index contributed by atoms with van der Waals surface area (Å²) in [6.45, 7) is 0.561. The first kappa shape index (κ1) is 24.6. The lowest BCUT2D eigenvalue weighted by Gasteiger charge is -2.37. The van der Waals surface area contributed by atoms with Crippen LogP contribution in [0.3, 0.4) is 0 Å². The van der Waals surface area contributed by atoms with Gasteiger partial charge in [0.1, 0.15) is 6.33 Å². The second kappa shape index (κ2) is 9.27. The van der Waals surface area contributed by atoms with Crippen molar-refractivity contribution in [3.8, 4) is 0 Å². The van der Waals surface area contributed by atoms with Gasteiger partial charge in [-0.2, -0.15) is 17.6 Å². The molecule has 0 spiro atoms. The summed E-state index contributed by atoms with van der Waals surface area (Å²) in [5.41, 5.74) is -1.59. The maximum Gasteiger partial charge on any atom is 0.416 e. The Kier molecular flexibility index (Phi) is 6.71. The van der Waals surface area contributed by atoms with E-state index in [-0.39, 0.29) is 62.3 Å². The van der Waals surface area contributed by atoms with Crippen LogP contribution < -0.4 is 10.2 Å². The van der Waals surface area contributed by atoms with E-state index >= 15 is 4.39 Å². The molecule has 3 heterocycles. The molecule has 8 nitrogen and oxygen atoms in total. The molecule has 2 aliphatic heterocycles. The smallest absolute Gasteiger partial charge is 0.388 e. The molecular weight excluding hydrogens is 480 g/mol. The molecule has 0 radical (unpaired) electrons. The highest BCUT2D eigenvalue weighted by atomic mass is 32.2. The predicted octanol–water partition coefficient (Wildman–Crippen LogP) is 2.56. The molecule has 186 valence electrons. The van der Waals surface area contributed by atoms with Crippen LogP contribution in [0.1, 0.15) is 30.0 Å². The maximum absolute atomic E-state index is 15.4. The summed E-state index contributed by atoms with van der Waals surface area (Å²) in [5, 5.41) is 13.4. The number of halogens is 4. The molecule has 2 aromatic rings. The van der Waals surface area contributed by atoms with Gasteiger partial charge in [0.05, 0.1) is 41.9 Å². The average molecular weight is 505 g/mol. The Morgan fingerprint density at radius 1 is 1.18 bits per heavy atom. The highest BCUT2D eigenvalue weighted by Crippen LogP contribution is 2.35. The Labute approximate surface area is 193 Å². The fourth-order valence-electron chi connectivity index (χ4n) is 4.05. The first-order chi connectivity index (χ1) is 16.0. The molecule has 13 heteroatoms. The normalized spacial score (nSPS) is 22.4. The van der Waals surface area contributed by atoms with E-state index in [0.29, 0.717) is 5.56 Å². The fraction of sp³-hybridized carbons (Fsp3) is 0.524. The number of morpholine rings is 1. The van der Waals surface area contributed by atoms with Gasteiger partial charge < -0.3 is 20.1 Å². The van der Waals surface area contributed by atoms with Crippen molar-refractivity contribution in [3.05, 3.63) is 47.5 Å². The summed E-state index contributed by atoms with van der Waals surface area (Å²) in [4.78, 5) is 9.56. The topological polar surface area (TPSA) is 105 Å². The van der Waals surface area contributed by atoms with Gasteiger partial charge in [0.2, 0.25) is 5.82 Å². The number of hydrogen-bond acceptors (Lipinski definition) is 8. The third-order valence-electron chi connectivity index (χ3n) is 6.14. The van der Waals surface area contributed by atoms with Crippen LogP contribution in [0.2, 0.25) is 0 Å². The summed E-state index contributed by atoms with van der Waals surface area (Å²) in [7, 11) is -3.18. The lowest BCUT2D eigenvalue weighted by molar-refractivity contribution is -0.137. The SMILES string of the molecule is O=S1(=O)CCC(O)(CNc2ncnc(N3CCOC[C@@H]3c3ccc(C(F)(F)F)cc3)c2F)CC1. The number of nitrogens with one attached hydrogen (secondary N) is 1. The van der Waals surface area contributed by atoms with E-state index in [4.69, 9.17) is 4.74 Å². The first-order valence-corrected chi connectivity index (χ1v) is 12.5. The summed E-state index contributed by atoms with van der Waals surface area (Å²) < 4.78 is 82.8. The fourth-order valence-corrected chi connectivity index (χ4v) is 5.64. The van der Waals surface area contributed by atoms with Crippen molar-refractivity contribution in [2.75, 3.05) is 48.0 Å². The third kappa shape index (κ3) is 5.41. The van der Waals surface area contributed by atoms with Gasteiger partial charge in [-0.25, -0.2) is 18.4 Å². The van der Waals surface area contributed by atoms with Crippen LogP contribution in [-0.2, 0) is 20.8 Å². The number of ether oxygens (including phenoxy) is 1. The van der Waals surface area contributed by atoms with Gasteiger partial charge in [-0.15, -0.1) is 0 Å². The minimum atomic E-state index is -4.47. The van der Waals surface area contributed by atoms with Crippen LogP contribution in [0.4, 0.5) is 29.2 Å². The zero-order valence-corrected chi connectivity index (χ0v) is 18.9. The van der Waals surface area contributed by atoms with Crippen molar-refractivity contribution < 1.29 is 35.8 Å². The van der Waals surface area contributed by atoms with E-state index in [1.165, 1.54) is 12.1 Å². The van der Waals surface area contributed by atoms with Gasteiger partial charge in [0, 0.05) is 13.1 Å². The van der Waals surface area contributed by atoms with Crippen LogP contribution in [-0.4, -0.2) is 66.9 Å². The molecule has 1 aromatic heterocycles. The van der Waals surface area contributed by atoms with E-state index in [0.717, 1.165) is 18.5 Å². The van der Waals surface area contributed by atoms with Crippen LogP contribution in [0.5, 0.6) is 0 Å². The number of anilines is 2. The van der Waals surface area contributed by atoms with E-state index in [2.05, 4.69) is 15.3 Å². The van der Waals surface area contributed by atoms with Gasteiger partial charge in [-0.05, 0) is 30.5 Å². The Morgan fingerprint density at radius 2 is 1.85 bits per heavy atom. The van der Waals surface area contributed by atoms with Gasteiger partial charge in [0.15, 0.2) is 21.5 Å². The van der Waals surface area contributed by atoms with Crippen LogP contribution in [0.15, 0.2) is 30.6 Å². The second-order valence-electron chi connectivity index (χ2n) is 8.49. The quantitative estimate of drug-likeness (QED) is 0.599. The molecule has 2 aliphatic rings. The monoisotopic (exact) mass is 504 g/mol. The molecule has 2 saturated heterocycles. The summed E-state index contributed by atoms with van der Waals surface area (Å²) in [6, 6.07) is 4.04. The van der Waals surface area contributed by atoms with Crippen molar-refractivity contribution in [2.24, 2.45) is 0 Å². The minimum Gasteiger partial charge on any atom is -0.388 e. The first-order valence-electron chi connectivity index (χ1n) is 10.7. The minimum absolute atomic E-state index is 0.0291. The number of alkyl halides is 3. The van der Waals surface area contributed by atoms with Crippen LogP contribution in [0.25, 0.3) is 0 Å². The predicted molar refractivity (Wildman–Crippen MR) is 116 cm³/mol. The number of sulfone groups is 1. The zero-order chi connectivity index (χ0) is 24.6. The molecule has 0 aliphatic carbocycles. The number of rotatable bonds is 5.